The van der Waals surface area contributed by atoms with Gasteiger partial charge in [0.15, 0.2) is 0 Å². The molecule has 2 aromatic carbocycles. The molecule has 8 nitrogen and oxygen atoms in total. The van der Waals surface area contributed by atoms with Gasteiger partial charge in [0.1, 0.15) is 11.6 Å². The summed E-state index contributed by atoms with van der Waals surface area (Å²) in [4.78, 5) is 12.2. The average Bonchev–Trinajstić information content (AvgIpc) is 2.86. The summed E-state index contributed by atoms with van der Waals surface area (Å²) in [6.07, 6.45) is 1.70. The summed E-state index contributed by atoms with van der Waals surface area (Å²) >= 11 is 0. The van der Waals surface area contributed by atoms with Crippen molar-refractivity contribution in [3.63, 3.8) is 0 Å². The van der Waals surface area contributed by atoms with E-state index in [0.717, 1.165) is 23.8 Å². The number of aliphatic hydroxyl groups is 1. The predicted molar refractivity (Wildman–Crippen MR) is 140 cm³/mol. The standard InChI is InChI=1S/C28H40F2N4O4/c1-27(2,3)19-5-4-6-20(14-19)28(9-7-23(34-38)8-10-28)31-16-25(35)24(33-26(36)17-32-37)13-18-11-21(29)15-22(30)12-18/h4-6,11-12,14-15,23-25,31-32,34-35,37-38H,7-10,13,16-17H2,1-3H3,(H,33,36)/t23?,24-,25-,28?/m0/s1. The second-order valence-corrected chi connectivity index (χ2v) is 11.3. The van der Waals surface area contributed by atoms with Gasteiger partial charge in [-0.25, -0.2) is 14.3 Å². The first kappa shape index (κ1) is 30.1. The SMILES string of the molecule is CC(C)(C)c1cccc(C2(NC[C@H](O)[C@H](Cc3cc(F)cc(F)c3)NC(=O)CNO)CCC(NO)CC2)c1. The Bertz CT molecular complexity index is 1050. The van der Waals surface area contributed by atoms with E-state index in [0.29, 0.717) is 25.7 Å². The third kappa shape index (κ3) is 8.02. The van der Waals surface area contributed by atoms with E-state index < -0.39 is 41.8 Å². The minimum Gasteiger partial charge on any atom is -0.390 e. The Hall–Kier alpha value is -2.47. The van der Waals surface area contributed by atoms with Crippen molar-refractivity contribution in [1.82, 2.24) is 21.6 Å². The number of hydroxylamine groups is 2. The summed E-state index contributed by atoms with van der Waals surface area (Å²) in [5, 5.41) is 35.7. The summed E-state index contributed by atoms with van der Waals surface area (Å²) in [6, 6.07) is 10.5. The van der Waals surface area contributed by atoms with E-state index in [4.69, 9.17) is 5.21 Å². The third-order valence-electron chi connectivity index (χ3n) is 7.38. The van der Waals surface area contributed by atoms with Crippen LogP contribution in [-0.2, 0) is 22.2 Å². The van der Waals surface area contributed by atoms with Crippen LogP contribution in [-0.4, -0.2) is 52.7 Å². The minimum atomic E-state index is -1.11. The molecule has 38 heavy (non-hydrogen) atoms. The Labute approximate surface area is 222 Å². The number of rotatable bonds is 11. The molecule has 0 aromatic heterocycles. The Morgan fingerprint density at radius 1 is 1.08 bits per heavy atom. The van der Waals surface area contributed by atoms with Crippen LogP contribution >= 0.6 is 0 Å². The second-order valence-electron chi connectivity index (χ2n) is 11.3. The lowest BCUT2D eigenvalue weighted by Gasteiger charge is -2.42. The highest BCUT2D eigenvalue weighted by atomic mass is 19.1. The Balaban J connectivity index is 1.85. The van der Waals surface area contributed by atoms with Crippen LogP contribution < -0.4 is 21.6 Å². The smallest absolute Gasteiger partial charge is 0.236 e. The molecule has 0 aliphatic heterocycles. The van der Waals surface area contributed by atoms with Crippen LogP contribution in [0, 0.1) is 11.6 Å². The van der Waals surface area contributed by atoms with E-state index in [9.17, 15) is 23.9 Å². The Morgan fingerprint density at radius 2 is 1.74 bits per heavy atom. The van der Waals surface area contributed by atoms with Gasteiger partial charge in [0, 0.05) is 24.2 Å². The van der Waals surface area contributed by atoms with E-state index in [1.807, 2.05) is 6.07 Å². The van der Waals surface area contributed by atoms with Crippen molar-refractivity contribution >= 4 is 5.91 Å². The van der Waals surface area contributed by atoms with Crippen molar-refractivity contribution in [3.8, 4) is 0 Å². The molecule has 7 N–H and O–H groups in total. The molecule has 1 fully saturated rings. The third-order valence-corrected chi connectivity index (χ3v) is 7.38. The molecule has 0 saturated heterocycles. The molecule has 1 aliphatic carbocycles. The summed E-state index contributed by atoms with van der Waals surface area (Å²) < 4.78 is 27.6. The number of benzene rings is 2. The number of aliphatic hydroxyl groups excluding tert-OH is 1. The summed E-state index contributed by atoms with van der Waals surface area (Å²) in [6.45, 7) is 6.13. The molecule has 0 unspecified atom stereocenters. The van der Waals surface area contributed by atoms with Crippen LogP contribution in [0.4, 0.5) is 8.78 Å². The largest absolute Gasteiger partial charge is 0.390 e. The zero-order valence-electron chi connectivity index (χ0n) is 22.2. The lowest BCUT2D eigenvalue weighted by atomic mass is 9.73. The van der Waals surface area contributed by atoms with Gasteiger partial charge in [0.25, 0.3) is 0 Å². The van der Waals surface area contributed by atoms with Gasteiger partial charge < -0.3 is 26.2 Å². The van der Waals surface area contributed by atoms with Gasteiger partial charge >= 0.3 is 0 Å². The Morgan fingerprint density at radius 3 is 2.32 bits per heavy atom. The number of amides is 1. The first-order valence-electron chi connectivity index (χ1n) is 13.0. The van der Waals surface area contributed by atoms with Gasteiger partial charge in [0.05, 0.1) is 18.7 Å². The molecule has 3 rings (SSSR count). The zero-order chi connectivity index (χ0) is 27.9. The van der Waals surface area contributed by atoms with Crippen LogP contribution in [0.25, 0.3) is 0 Å². The molecule has 1 amide bonds. The van der Waals surface area contributed by atoms with Crippen molar-refractivity contribution in [1.29, 1.82) is 0 Å². The quantitative estimate of drug-likeness (QED) is 0.221. The van der Waals surface area contributed by atoms with Crippen LogP contribution in [0.1, 0.15) is 63.1 Å². The number of hydrogen-bond donors (Lipinski definition) is 7. The van der Waals surface area contributed by atoms with Crippen molar-refractivity contribution in [2.45, 2.75) is 82.0 Å². The van der Waals surface area contributed by atoms with Crippen LogP contribution in [0.5, 0.6) is 0 Å². The van der Waals surface area contributed by atoms with Gasteiger partial charge in [-0.2, -0.15) is 5.48 Å². The van der Waals surface area contributed by atoms with Crippen LogP contribution in [0.15, 0.2) is 42.5 Å². The molecule has 210 valence electrons. The maximum Gasteiger partial charge on any atom is 0.236 e. The van der Waals surface area contributed by atoms with E-state index in [2.05, 4.69) is 55.1 Å². The lowest BCUT2D eigenvalue weighted by molar-refractivity contribution is -0.123. The molecule has 1 aliphatic rings. The molecule has 0 bridgehead atoms. The van der Waals surface area contributed by atoms with E-state index >= 15 is 0 Å². The Kier molecular flexibility index (Phi) is 10.3. The van der Waals surface area contributed by atoms with Crippen molar-refractivity contribution in [2.24, 2.45) is 0 Å². The average molecular weight is 535 g/mol. The van der Waals surface area contributed by atoms with Crippen molar-refractivity contribution < 1.29 is 29.1 Å². The van der Waals surface area contributed by atoms with Gasteiger partial charge in [-0.1, -0.05) is 45.0 Å². The molecular formula is C28H40F2N4O4. The molecule has 1 saturated carbocycles. The number of carbonyl (C=O) groups excluding carboxylic acids is 1. The maximum absolute atomic E-state index is 13.8. The van der Waals surface area contributed by atoms with Gasteiger partial charge in [-0.05, 0) is 66.3 Å². The fraction of sp³-hybridized carbons (Fsp3) is 0.536. The first-order chi connectivity index (χ1) is 18.0. The summed E-state index contributed by atoms with van der Waals surface area (Å²) in [7, 11) is 0. The summed E-state index contributed by atoms with van der Waals surface area (Å²) in [5.74, 6) is -2.07. The van der Waals surface area contributed by atoms with E-state index in [1.54, 1.807) is 5.48 Å². The van der Waals surface area contributed by atoms with E-state index in [1.165, 1.54) is 5.56 Å². The first-order valence-corrected chi connectivity index (χ1v) is 13.0. The number of halogens is 2. The van der Waals surface area contributed by atoms with Gasteiger partial charge in [-0.15, -0.1) is 0 Å². The highest BCUT2D eigenvalue weighted by Gasteiger charge is 2.38. The second kappa shape index (κ2) is 13.1. The fourth-order valence-corrected chi connectivity index (χ4v) is 5.13. The van der Waals surface area contributed by atoms with Gasteiger partial charge in [0.2, 0.25) is 5.91 Å². The van der Waals surface area contributed by atoms with Crippen LogP contribution in [0.2, 0.25) is 0 Å². The maximum atomic E-state index is 13.8. The number of carbonyl (C=O) groups is 1. The normalized spacial score (nSPS) is 21.6. The molecule has 10 heteroatoms. The highest BCUT2D eigenvalue weighted by Crippen LogP contribution is 2.39. The molecular weight excluding hydrogens is 494 g/mol. The molecule has 0 heterocycles. The molecule has 0 radical (unpaired) electrons. The molecule has 0 spiro atoms. The topological polar surface area (TPSA) is 126 Å². The van der Waals surface area contributed by atoms with Crippen molar-refractivity contribution in [3.05, 3.63) is 70.8 Å². The van der Waals surface area contributed by atoms with Crippen molar-refractivity contribution in [2.75, 3.05) is 13.1 Å². The van der Waals surface area contributed by atoms with Crippen LogP contribution in [0.3, 0.4) is 0 Å². The number of hydrogen-bond acceptors (Lipinski definition) is 7. The number of nitrogens with one attached hydrogen (secondary N) is 4. The summed E-state index contributed by atoms with van der Waals surface area (Å²) in [5.41, 5.74) is 6.14. The minimum absolute atomic E-state index is 0.0162. The lowest BCUT2D eigenvalue weighted by Crippen LogP contribution is -2.55. The molecule has 2 aromatic rings. The zero-order valence-corrected chi connectivity index (χ0v) is 22.2. The van der Waals surface area contributed by atoms with Gasteiger partial charge in [-0.3, -0.25) is 4.79 Å². The monoisotopic (exact) mass is 534 g/mol. The molecule has 2 atom stereocenters. The predicted octanol–water partition coefficient (Wildman–Crippen LogP) is 3.04. The fourth-order valence-electron chi connectivity index (χ4n) is 5.13. The van der Waals surface area contributed by atoms with E-state index in [-0.39, 0.29) is 30.0 Å². The highest BCUT2D eigenvalue weighted by molar-refractivity contribution is 5.78.